The van der Waals surface area contributed by atoms with E-state index in [0.29, 0.717) is 31.1 Å². The van der Waals surface area contributed by atoms with Crippen LogP contribution in [0.3, 0.4) is 0 Å². The van der Waals surface area contributed by atoms with Crippen molar-refractivity contribution in [3.05, 3.63) is 54.5 Å². The van der Waals surface area contributed by atoms with Crippen LogP contribution in [0.4, 0.5) is 0 Å². The average Bonchev–Trinajstić information content (AvgIpc) is 3.06. The molecule has 1 aromatic heterocycles. The maximum atomic E-state index is 11.7. The molecule has 2 amide bonds. The Morgan fingerprint density at radius 3 is 2.61 bits per heavy atom. The van der Waals surface area contributed by atoms with Crippen molar-refractivity contribution < 1.29 is 18.7 Å². The molecule has 6 nitrogen and oxygen atoms in total. The fourth-order valence-corrected chi connectivity index (χ4v) is 1.99. The summed E-state index contributed by atoms with van der Waals surface area (Å²) in [4.78, 5) is 24.9. The highest BCUT2D eigenvalue weighted by atomic mass is 16.5. The molecular weight excluding hydrogens is 296 g/mol. The van der Waals surface area contributed by atoms with Crippen LogP contribution in [-0.2, 0) is 16.1 Å². The highest BCUT2D eigenvalue weighted by molar-refractivity contribution is 5.77. The first-order chi connectivity index (χ1) is 11.1. The minimum atomic E-state index is -0.227. The topological polar surface area (TPSA) is 71.8 Å². The number of carbonyl (C=O) groups is 2. The quantitative estimate of drug-likeness (QED) is 0.806. The summed E-state index contributed by atoms with van der Waals surface area (Å²) >= 11 is 0. The van der Waals surface area contributed by atoms with Crippen molar-refractivity contribution in [1.82, 2.24) is 10.2 Å². The van der Waals surface area contributed by atoms with Gasteiger partial charge in [-0.1, -0.05) is 18.2 Å². The van der Waals surface area contributed by atoms with Gasteiger partial charge in [-0.2, -0.15) is 0 Å². The molecule has 1 N–H and O–H groups in total. The first-order valence-electron chi connectivity index (χ1n) is 7.37. The second-order valence-corrected chi connectivity index (χ2v) is 4.97. The van der Waals surface area contributed by atoms with E-state index in [2.05, 4.69) is 5.32 Å². The molecule has 0 radical (unpaired) electrons. The first-order valence-corrected chi connectivity index (χ1v) is 7.37. The molecule has 0 saturated carbocycles. The molecular formula is C17H20N2O4. The molecule has 1 heterocycles. The molecule has 0 bridgehead atoms. The summed E-state index contributed by atoms with van der Waals surface area (Å²) in [5.41, 5.74) is 0. The van der Waals surface area contributed by atoms with Crippen molar-refractivity contribution in [3.63, 3.8) is 0 Å². The van der Waals surface area contributed by atoms with Gasteiger partial charge in [0.2, 0.25) is 5.91 Å². The monoisotopic (exact) mass is 316 g/mol. The average molecular weight is 316 g/mol. The third kappa shape index (κ3) is 5.86. The molecule has 0 aliphatic carbocycles. The molecule has 0 aliphatic heterocycles. The zero-order chi connectivity index (χ0) is 16.5. The highest BCUT2D eigenvalue weighted by Gasteiger charge is 2.11. The van der Waals surface area contributed by atoms with Crippen LogP contribution in [-0.4, -0.2) is 36.4 Å². The normalized spacial score (nSPS) is 10.1. The molecule has 2 aromatic rings. The molecule has 0 atom stereocenters. The van der Waals surface area contributed by atoms with E-state index >= 15 is 0 Å². The van der Waals surface area contributed by atoms with Crippen molar-refractivity contribution in [2.75, 3.05) is 19.7 Å². The minimum absolute atomic E-state index is 0.0533. The van der Waals surface area contributed by atoms with Crippen LogP contribution in [0.5, 0.6) is 5.75 Å². The van der Waals surface area contributed by atoms with Crippen LogP contribution in [0.1, 0.15) is 12.7 Å². The van der Waals surface area contributed by atoms with Crippen LogP contribution in [0.15, 0.2) is 53.1 Å². The van der Waals surface area contributed by atoms with Gasteiger partial charge in [0.1, 0.15) is 11.5 Å². The second kappa shape index (κ2) is 8.63. The van der Waals surface area contributed by atoms with E-state index in [1.807, 2.05) is 24.3 Å². The number of rotatable bonds is 8. The lowest BCUT2D eigenvalue weighted by Gasteiger charge is -2.20. The van der Waals surface area contributed by atoms with E-state index in [-0.39, 0.29) is 18.4 Å². The lowest BCUT2D eigenvalue weighted by Crippen LogP contribution is -2.38. The van der Waals surface area contributed by atoms with Crippen LogP contribution >= 0.6 is 0 Å². The number of furan rings is 1. The van der Waals surface area contributed by atoms with Gasteiger partial charge in [0, 0.05) is 20.0 Å². The molecule has 23 heavy (non-hydrogen) atoms. The van der Waals surface area contributed by atoms with Crippen LogP contribution in [0.2, 0.25) is 0 Å². The number of para-hydroxylation sites is 1. The summed E-state index contributed by atoms with van der Waals surface area (Å²) in [5.74, 6) is 1.05. The summed E-state index contributed by atoms with van der Waals surface area (Å²) in [6.45, 7) is 2.59. The van der Waals surface area contributed by atoms with Crippen molar-refractivity contribution >= 4 is 11.8 Å². The maximum absolute atomic E-state index is 11.7. The number of carbonyl (C=O) groups excluding carboxylic acids is 2. The number of nitrogens with one attached hydrogen (secondary N) is 1. The first kappa shape index (κ1) is 16.6. The van der Waals surface area contributed by atoms with Gasteiger partial charge in [-0.15, -0.1) is 0 Å². The Morgan fingerprint density at radius 1 is 1.17 bits per heavy atom. The zero-order valence-electron chi connectivity index (χ0n) is 13.0. The molecule has 0 aliphatic rings. The van der Waals surface area contributed by atoms with Gasteiger partial charge in [0.25, 0.3) is 5.91 Å². The van der Waals surface area contributed by atoms with E-state index in [4.69, 9.17) is 9.15 Å². The van der Waals surface area contributed by atoms with E-state index in [1.54, 1.807) is 29.4 Å². The minimum Gasteiger partial charge on any atom is -0.484 e. The number of nitrogens with zero attached hydrogens (tertiary/aromatic N) is 1. The summed E-state index contributed by atoms with van der Waals surface area (Å²) in [5, 5.41) is 2.73. The highest BCUT2D eigenvalue weighted by Crippen LogP contribution is 2.07. The Labute approximate surface area is 135 Å². The summed E-state index contributed by atoms with van der Waals surface area (Å²) in [7, 11) is 0. The van der Waals surface area contributed by atoms with Gasteiger partial charge < -0.3 is 19.4 Å². The molecule has 1 aromatic carbocycles. The molecule has 0 fully saturated rings. The number of hydrogen-bond donors (Lipinski definition) is 1. The summed E-state index contributed by atoms with van der Waals surface area (Å²) < 4.78 is 10.6. The largest absolute Gasteiger partial charge is 0.484 e. The SMILES string of the molecule is CC(=O)N(CCNC(=O)COc1ccccc1)Cc1ccco1. The Bertz CT molecular complexity index is 611. The van der Waals surface area contributed by atoms with Crippen molar-refractivity contribution in [1.29, 1.82) is 0 Å². The molecule has 0 spiro atoms. The van der Waals surface area contributed by atoms with Crippen molar-refractivity contribution in [3.8, 4) is 5.75 Å². The molecule has 122 valence electrons. The smallest absolute Gasteiger partial charge is 0.258 e. The van der Waals surface area contributed by atoms with Crippen LogP contribution in [0.25, 0.3) is 0 Å². The second-order valence-electron chi connectivity index (χ2n) is 4.97. The number of hydrogen-bond acceptors (Lipinski definition) is 4. The Hall–Kier alpha value is -2.76. The third-order valence-electron chi connectivity index (χ3n) is 3.19. The van der Waals surface area contributed by atoms with Gasteiger partial charge in [-0.05, 0) is 24.3 Å². The zero-order valence-corrected chi connectivity index (χ0v) is 13.0. The predicted octanol–water partition coefficient (Wildman–Crippen LogP) is 1.82. The van der Waals surface area contributed by atoms with E-state index < -0.39 is 0 Å². The standard InChI is InChI=1S/C17H20N2O4/c1-14(20)19(12-16-8-5-11-22-16)10-9-18-17(21)13-23-15-6-3-2-4-7-15/h2-8,11H,9-10,12-13H2,1H3,(H,18,21). The van der Waals surface area contributed by atoms with Gasteiger partial charge in [0.15, 0.2) is 6.61 Å². The molecule has 2 rings (SSSR count). The van der Waals surface area contributed by atoms with Crippen molar-refractivity contribution in [2.24, 2.45) is 0 Å². The third-order valence-corrected chi connectivity index (χ3v) is 3.19. The summed E-state index contributed by atoms with van der Waals surface area (Å²) in [6.07, 6.45) is 1.57. The lowest BCUT2D eigenvalue weighted by atomic mass is 10.3. The Balaban J connectivity index is 1.69. The fourth-order valence-electron chi connectivity index (χ4n) is 1.99. The fraction of sp³-hybridized carbons (Fsp3) is 0.294. The Morgan fingerprint density at radius 2 is 1.96 bits per heavy atom. The number of benzene rings is 1. The van der Waals surface area contributed by atoms with Crippen LogP contribution in [0, 0.1) is 0 Å². The van der Waals surface area contributed by atoms with E-state index in [1.165, 1.54) is 6.92 Å². The van der Waals surface area contributed by atoms with Crippen molar-refractivity contribution in [2.45, 2.75) is 13.5 Å². The van der Waals surface area contributed by atoms with Gasteiger partial charge in [-0.25, -0.2) is 0 Å². The number of ether oxygens (including phenoxy) is 1. The molecule has 6 heteroatoms. The Kier molecular flexibility index (Phi) is 6.23. The summed E-state index contributed by atoms with van der Waals surface area (Å²) in [6, 6.07) is 12.7. The number of amides is 2. The van der Waals surface area contributed by atoms with E-state index in [9.17, 15) is 9.59 Å². The van der Waals surface area contributed by atoms with Gasteiger partial charge >= 0.3 is 0 Å². The van der Waals surface area contributed by atoms with E-state index in [0.717, 1.165) is 0 Å². The predicted molar refractivity (Wildman–Crippen MR) is 84.7 cm³/mol. The lowest BCUT2D eigenvalue weighted by molar-refractivity contribution is -0.130. The molecule has 0 saturated heterocycles. The molecule has 0 unspecified atom stereocenters. The maximum Gasteiger partial charge on any atom is 0.258 e. The van der Waals surface area contributed by atoms with Crippen LogP contribution < -0.4 is 10.1 Å². The van der Waals surface area contributed by atoms with Gasteiger partial charge in [0.05, 0.1) is 12.8 Å². The van der Waals surface area contributed by atoms with Gasteiger partial charge in [-0.3, -0.25) is 9.59 Å².